The van der Waals surface area contributed by atoms with Gasteiger partial charge in [0.25, 0.3) is 0 Å². The van der Waals surface area contributed by atoms with Crippen LogP contribution in [0.2, 0.25) is 0 Å². The number of hydrogen-bond acceptors (Lipinski definition) is 2. The molecule has 0 aliphatic rings. The Morgan fingerprint density at radius 2 is 1.24 bits per heavy atom. The van der Waals surface area contributed by atoms with Crippen molar-refractivity contribution >= 4 is 11.1 Å². The highest BCUT2D eigenvalue weighted by molar-refractivity contribution is 5.83. The maximum atomic E-state index is 6.24. The van der Waals surface area contributed by atoms with Gasteiger partial charge in [-0.05, 0) is 64.4 Å². The summed E-state index contributed by atoms with van der Waals surface area (Å²) in [6.45, 7) is 8.94. The zero-order valence-electron chi connectivity index (χ0n) is 19.7. The number of pyridine rings is 1. The van der Waals surface area contributed by atoms with Gasteiger partial charge in [0.05, 0.1) is 5.69 Å². The van der Waals surface area contributed by atoms with Crippen LogP contribution in [0.25, 0.3) is 44.8 Å². The van der Waals surface area contributed by atoms with Crippen molar-refractivity contribution in [2.45, 2.75) is 39.5 Å². The summed E-state index contributed by atoms with van der Waals surface area (Å²) < 4.78 is 6.24. The van der Waals surface area contributed by atoms with Gasteiger partial charge in [-0.15, -0.1) is 0 Å². The molecule has 0 fully saturated rings. The molecule has 2 nitrogen and oxygen atoms in total. The summed E-state index contributed by atoms with van der Waals surface area (Å²) in [5.74, 6) is 1.80. The second-order valence-electron chi connectivity index (χ2n) is 9.34. The van der Waals surface area contributed by atoms with Crippen LogP contribution >= 0.6 is 0 Å². The van der Waals surface area contributed by atoms with Crippen LogP contribution in [0.4, 0.5) is 0 Å². The summed E-state index contributed by atoms with van der Waals surface area (Å²) in [6, 6.07) is 32.0. The minimum atomic E-state index is 0.466. The molecule has 5 aromatic rings. The minimum Gasteiger partial charge on any atom is -0.454 e. The standard InChI is InChI=1S/C31H29NO/c1-20(2)25-16-26(21(3)4)18-27(17-25)31-19-29-30(33-31)14-13-28(32-29)24-12-8-11-23(15-24)22-9-6-5-7-10-22/h5-21H,1-4H3. The van der Waals surface area contributed by atoms with Crippen LogP contribution in [0.3, 0.4) is 0 Å². The molecule has 2 aromatic heterocycles. The zero-order valence-corrected chi connectivity index (χ0v) is 19.7. The number of aromatic nitrogens is 1. The van der Waals surface area contributed by atoms with Gasteiger partial charge in [0.15, 0.2) is 5.58 Å². The minimum absolute atomic E-state index is 0.466. The van der Waals surface area contributed by atoms with Gasteiger partial charge >= 0.3 is 0 Å². The van der Waals surface area contributed by atoms with E-state index in [0.29, 0.717) is 11.8 Å². The number of benzene rings is 3. The van der Waals surface area contributed by atoms with Crippen molar-refractivity contribution in [3.05, 3.63) is 102 Å². The van der Waals surface area contributed by atoms with Crippen LogP contribution in [-0.4, -0.2) is 4.98 Å². The monoisotopic (exact) mass is 431 g/mol. The quantitative estimate of drug-likeness (QED) is 0.277. The van der Waals surface area contributed by atoms with E-state index >= 15 is 0 Å². The zero-order chi connectivity index (χ0) is 22.9. The predicted octanol–water partition coefficient (Wildman–Crippen LogP) is 9.08. The third-order valence-corrected chi connectivity index (χ3v) is 6.23. The first kappa shape index (κ1) is 21.2. The summed E-state index contributed by atoms with van der Waals surface area (Å²) in [5.41, 5.74) is 9.94. The van der Waals surface area contributed by atoms with Gasteiger partial charge in [-0.2, -0.15) is 0 Å². The molecule has 3 aromatic carbocycles. The Morgan fingerprint density at radius 1 is 0.576 bits per heavy atom. The van der Waals surface area contributed by atoms with Crippen molar-refractivity contribution in [3.63, 3.8) is 0 Å². The molecule has 0 atom stereocenters. The molecule has 2 heteroatoms. The Kier molecular flexibility index (Phi) is 5.60. The number of hydrogen-bond donors (Lipinski definition) is 0. The lowest BCUT2D eigenvalue weighted by Gasteiger charge is -2.13. The Bertz CT molecular complexity index is 1380. The van der Waals surface area contributed by atoms with E-state index in [4.69, 9.17) is 9.40 Å². The van der Waals surface area contributed by atoms with E-state index in [9.17, 15) is 0 Å². The van der Waals surface area contributed by atoms with Crippen LogP contribution in [-0.2, 0) is 0 Å². The van der Waals surface area contributed by atoms with Gasteiger partial charge in [-0.25, -0.2) is 4.98 Å². The van der Waals surface area contributed by atoms with Crippen LogP contribution in [0.5, 0.6) is 0 Å². The fraction of sp³-hybridized carbons (Fsp3) is 0.194. The molecule has 0 saturated carbocycles. The Hall–Kier alpha value is -3.65. The number of rotatable bonds is 5. The Labute approximate surface area is 195 Å². The molecule has 0 bridgehead atoms. The topological polar surface area (TPSA) is 26.0 Å². The summed E-state index contributed by atoms with van der Waals surface area (Å²) >= 11 is 0. The van der Waals surface area contributed by atoms with Gasteiger partial charge in [0.2, 0.25) is 0 Å². The molecular weight excluding hydrogens is 402 g/mol. The SMILES string of the molecule is CC(C)c1cc(-c2cc3nc(-c4cccc(-c5ccccc5)c4)ccc3o2)cc(C(C)C)c1. The molecule has 0 radical (unpaired) electrons. The van der Waals surface area contributed by atoms with Crippen molar-refractivity contribution in [2.24, 2.45) is 0 Å². The molecule has 0 amide bonds. The average Bonchev–Trinajstić information content (AvgIpc) is 3.28. The summed E-state index contributed by atoms with van der Waals surface area (Å²) in [4.78, 5) is 4.95. The van der Waals surface area contributed by atoms with Crippen molar-refractivity contribution in [1.29, 1.82) is 0 Å². The van der Waals surface area contributed by atoms with Gasteiger partial charge in [0.1, 0.15) is 11.3 Å². The largest absolute Gasteiger partial charge is 0.454 e. The predicted molar refractivity (Wildman–Crippen MR) is 138 cm³/mol. The third-order valence-electron chi connectivity index (χ3n) is 6.23. The first-order chi connectivity index (χ1) is 16.0. The van der Waals surface area contributed by atoms with E-state index in [2.05, 4.69) is 100 Å². The molecule has 0 N–H and O–H groups in total. The number of furan rings is 1. The second kappa shape index (κ2) is 8.71. The highest BCUT2D eigenvalue weighted by Crippen LogP contribution is 2.33. The van der Waals surface area contributed by atoms with E-state index in [1.807, 2.05) is 18.2 Å². The van der Waals surface area contributed by atoms with Gasteiger partial charge in [-0.3, -0.25) is 0 Å². The fourth-order valence-corrected chi connectivity index (χ4v) is 4.20. The van der Waals surface area contributed by atoms with E-state index in [-0.39, 0.29) is 0 Å². The lowest BCUT2D eigenvalue weighted by molar-refractivity contribution is 0.630. The van der Waals surface area contributed by atoms with Crippen LogP contribution < -0.4 is 0 Å². The highest BCUT2D eigenvalue weighted by atomic mass is 16.3. The Balaban J connectivity index is 1.54. The molecule has 0 unspecified atom stereocenters. The number of fused-ring (bicyclic) bond motifs is 1. The molecule has 164 valence electrons. The van der Waals surface area contributed by atoms with Crippen molar-refractivity contribution < 1.29 is 4.42 Å². The Morgan fingerprint density at radius 3 is 1.94 bits per heavy atom. The van der Waals surface area contributed by atoms with Crippen LogP contribution in [0.15, 0.2) is 95.4 Å². The first-order valence-electron chi connectivity index (χ1n) is 11.7. The molecular formula is C31H29NO. The number of nitrogens with zero attached hydrogens (tertiary/aromatic N) is 1. The maximum Gasteiger partial charge on any atom is 0.153 e. The van der Waals surface area contributed by atoms with E-state index in [1.165, 1.54) is 22.3 Å². The van der Waals surface area contributed by atoms with Crippen molar-refractivity contribution in [3.8, 4) is 33.7 Å². The molecule has 5 rings (SSSR count). The molecule has 33 heavy (non-hydrogen) atoms. The lowest BCUT2D eigenvalue weighted by atomic mass is 9.92. The van der Waals surface area contributed by atoms with E-state index in [1.54, 1.807) is 0 Å². The molecule has 0 aliphatic carbocycles. The van der Waals surface area contributed by atoms with Crippen molar-refractivity contribution in [1.82, 2.24) is 4.98 Å². The maximum absolute atomic E-state index is 6.24. The van der Waals surface area contributed by atoms with Gasteiger partial charge < -0.3 is 4.42 Å². The highest BCUT2D eigenvalue weighted by Gasteiger charge is 2.13. The van der Waals surface area contributed by atoms with Gasteiger partial charge in [-0.1, -0.05) is 82.3 Å². The van der Waals surface area contributed by atoms with Crippen LogP contribution in [0.1, 0.15) is 50.7 Å². The average molecular weight is 432 g/mol. The first-order valence-corrected chi connectivity index (χ1v) is 11.7. The molecule has 2 heterocycles. The van der Waals surface area contributed by atoms with E-state index < -0.39 is 0 Å². The lowest BCUT2D eigenvalue weighted by Crippen LogP contribution is -1.94. The molecule has 0 aliphatic heterocycles. The molecule has 0 saturated heterocycles. The normalized spacial score (nSPS) is 11.6. The molecule has 0 spiro atoms. The van der Waals surface area contributed by atoms with E-state index in [0.717, 1.165) is 33.7 Å². The van der Waals surface area contributed by atoms with Crippen molar-refractivity contribution in [2.75, 3.05) is 0 Å². The summed E-state index contributed by atoms with van der Waals surface area (Å²) in [5, 5.41) is 0. The van der Waals surface area contributed by atoms with Crippen LogP contribution in [0, 0.1) is 0 Å². The smallest absolute Gasteiger partial charge is 0.153 e. The summed E-state index contributed by atoms with van der Waals surface area (Å²) in [6.07, 6.45) is 0. The second-order valence-corrected chi connectivity index (χ2v) is 9.34. The third kappa shape index (κ3) is 4.34. The fourth-order valence-electron chi connectivity index (χ4n) is 4.20. The summed E-state index contributed by atoms with van der Waals surface area (Å²) in [7, 11) is 0. The van der Waals surface area contributed by atoms with Gasteiger partial charge in [0, 0.05) is 17.2 Å².